The van der Waals surface area contributed by atoms with Gasteiger partial charge in [-0.1, -0.05) is 0 Å². The summed E-state index contributed by atoms with van der Waals surface area (Å²) in [6.45, 7) is 0. The van der Waals surface area contributed by atoms with Crippen LogP contribution in [0.4, 0.5) is 15.8 Å². The number of benzene rings is 2. The van der Waals surface area contributed by atoms with Crippen LogP contribution in [0.1, 0.15) is 5.56 Å². The van der Waals surface area contributed by atoms with Gasteiger partial charge in [0.15, 0.2) is 5.75 Å². The van der Waals surface area contributed by atoms with E-state index < -0.39 is 28.1 Å². The summed E-state index contributed by atoms with van der Waals surface area (Å²) in [5.74, 6) is -2.11. The molecule has 0 aromatic heterocycles. The molecule has 0 radical (unpaired) electrons. The Morgan fingerprint density at radius 1 is 1.38 bits per heavy atom. The smallest absolute Gasteiger partial charge is 0.315 e. The molecule has 0 heterocycles. The van der Waals surface area contributed by atoms with E-state index in [-0.39, 0.29) is 22.6 Å². The van der Waals surface area contributed by atoms with Gasteiger partial charge in [0.05, 0.1) is 12.0 Å². The summed E-state index contributed by atoms with van der Waals surface area (Å²) in [5, 5.41) is 32.3. The maximum Gasteiger partial charge on any atom is 0.315 e. The van der Waals surface area contributed by atoms with Crippen LogP contribution in [0.5, 0.6) is 11.5 Å². The number of aromatic hydroxyl groups is 1. The predicted octanol–water partition coefficient (Wildman–Crippen LogP) is 2.99. The van der Waals surface area contributed by atoms with Crippen LogP contribution < -0.4 is 10.1 Å². The van der Waals surface area contributed by atoms with Gasteiger partial charge in [0.1, 0.15) is 17.5 Å². The summed E-state index contributed by atoms with van der Waals surface area (Å²) in [6, 6.07) is 8.84. The van der Waals surface area contributed by atoms with E-state index >= 15 is 0 Å². The minimum Gasteiger partial charge on any atom is -0.500 e. The summed E-state index contributed by atoms with van der Waals surface area (Å²) in [4.78, 5) is 22.3. The zero-order chi connectivity index (χ0) is 19.3. The Labute approximate surface area is 146 Å². The third-order valence-electron chi connectivity index (χ3n) is 3.27. The van der Waals surface area contributed by atoms with Crippen LogP contribution in [0.3, 0.4) is 0 Å². The summed E-state index contributed by atoms with van der Waals surface area (Å²) < 4.78 is 17.7. The van der Waals surface area contributed by atoms with Crippen LogP contribution in [-0.4, -0.2) is 23.0 Å². The van der Waals surface area contributed by atoms with Gasteiger partial charge < -0.3 is 15.2 Å². The average Bonchev–Trinajstić information content (AvgIpc) is 2.62. The molecule has 0 aliphatic carbocycles. The van der Waals surface area contributed by atoms with E-state index in [1.54, 1.807) is 6.07 Å². The second kappa shape index (κ2) is 7.76. The van der Waals surface area contributed by atoms with Crippen molar-refractivity contribution in [2.75, 3.05) is 12.4 Å². The molecule has 0 aliphatic rings. The fourth-order valence-corrected chi connectivity index (χ4v) is 2.04. The number of nitro benzene ring substituents is 1. The van der Waals surface area contributed by atoms with Crippen molar-refractivity contribution in [2.24, 2.45) is 0 Å². The topological polar surface area (TPSA) is 125 Å². The number of phenols is 1. The van der Waals surface area contributed by atoms with E-state index in [2.05, 4.69) is 5.32 Å². The van der Waals surface area contributed by atoms with Crippen molar-refractivity contribution in [1.29, 1.82) is 5.26 Å². The molecule has 2 aromatic rings. The Bertz CT molecular complexity index is 933. The zero-order valence-electron chi connectivity index (χ0n) is 13.4. The van der Waals surface area contributed by atoms with Crippen LogP contribution in [0.2, 0.25) is 0 Å². The molecular weight excluding hydrogens is 345 g/mol. The SMILES string of the molecule is COc1cc(C=C(C#N)C(=O)Nc2ccc(F)cc2)cc([N+](=O)[O-])c1O. The number of carbonyl (C=O) groups is 1. The van der Waals surface area contributed by atoms with Crippen LogP contribution in [0, 0.1) is 27.3 Å². The molecular formula is C17H12FN3O5. The Balaban J connectivity index is 2.37. The van der Waals surface area contributed by atoms with Gasteiger partial charge in [0.2, 0.25) is 5.75 Å². The lowest BCUT2D eigenvalue weighted by molar-refractivity contribution is -0.386. The molecule has 0 atom stereocenters. The first-order valence-electron chi connectivity index (χ1n) is 7.09. The molecule has 132 valence electrons. The van der Waals surface area contributed by atoms with E-state index in [0.717, 1.165) is 24.3 Å². The lowest BCUT2D eigenvalue weighted by Gasteiger charge is -2.07. The molecule has 0 aliphatic heterocycles. The fraction of sp³-hybridized carbons (Fsp3) is 0.0588. The second-order valence-corrected chi connectivity index (χ2v) is 4.98. The number of ether oxygens (including phenoxy) is 1. The minimum atomic E-state index is -0.820. The van der Waals surface area contributed by atoms with Crippen LogP contribution in [-0.2, 0) is 4.79 Å². The number of nitriles is 1. The Morgan fingerprint density at radius 3 is 2.58 bits per heavy atom. The van der Waals surface area contributed by atoms with E-state index in [0.29, 0.717) is 0 Å². The third kappa shape index (κ3) is 4.12. The molecule has 0 spiro atoms. The monoisotopic (exact) mass is 357 g/mol. The number of anilines is 1. The first kappa shape index (κ1) is 18.4. The molecule has 2 N–H and O–H groups in total. The summed E-state index contributed by atoms with van der Waals surface area (Å²) in [7, 11) is 1.21. The molecule has 8 nitrogen and oxygen atoms in total. The average molecular weight is 357 g/mol. The minimum absolute atomic E-state index is 0.108. The number of halogens is 1. The molecule has 26 heavy (non-hydrogen) atoms. The standard InChI is InChI=1S/C17H12FN3O5/c1-26-15-8-10(7-14(16(15)22)21(24)25)6-11(9-19)17(23)20-13-4-2-12(18)3-5-13/h2-8,22H,1H3,(H,20,23). The van der Waals surface area contributed by atoms with Gasteiger partial charge in [-0.3, -0.25) is 14.9 Å². The normalized spacial score (nSPS) is 10.7. The van der Waals surface area contributed by atoms with Crippen molar-refractivity contribution in [3.8, 4) is 17.6 Å². The van der Waals surface area contributed by atoms with Crippen molar-refractivity contribution < 1.29 is 24.0 Å². The highest BCUT2D eigenvalue weighted by molar-refractivity contribution is 6.09. The fourth-order valence-electron chi connectivity index (χ4n) is 2.04. The van der Waals surface area contributed by atoms with Gasteiger partial charge in [-0.15, -0.1) is 0 Å². The summed E-state index contributed by atoms with van der Waals surface area (Å²) >= 11 is 0. The Hall–Kier alpha value is -3.93. The molecule has 2 rings (SSSR count). The zero-order valence-corrected chi connectivity index (χ0v) is 13.4. The van der Waals surface area contributed by atoms with Gasteiger partial charge in [-0.25, -0.2) is 4.39 Å². The first-order chi connectivity index (χ1) is 12.3. The van der Waals surface area contributed by atoms with Crippen LogP contribution in [0.25, 0.3) is 6.08 Å². The van der Waals surface area contributed by atoms with Crippen molar-refractivity contribution >= 4 is 23.4 Å². The molecule has 1 amide bonds. The largest absolute Gasteiger partial charge is 0.500 e. The number of hydrogen-bond acceptors (Lipinski definition) is 6. The lowest BCUT2D eigenvalue weighted by Crippen LogP contribution is -2.13. The molecule has 0 unspecified atom stereocenters. The number of rotatable bonds is 5. The Kier molecular flexibility index (Phi) is 5.49. The van der Waals surface area contributed by atoms with Crippen LogP contribution in [0.15, 0.2) is 42.0 Å². The van der Waals surface area contributed by atoms with Crippen molar-refractivity contribution in [3.05, 3.63) is 63.5 Å². The van der Waals surface area contributed by atoms with Gasteiger partial charge in [0, 0.05) is 11.8 Å². The third-order valence-corrected chi connectivity index (χ3v) is 3.27. The van der Waals surface area contributed by atoms with Crippen molar-refractivity contribution in [3.63, 3.8) is 0 Å². The molecule has 0 saturated carbocycles. The van der Waals surface area contributed by atoms with E-state index in [1.165, 1.54) is 25.3 Å². The van der Waals surface area contributed by atoms with E-state index in [9.17, 15) is 29.7 Å². The van der Waals surface area contributed by atoms with Gasteiger partial charge >= 0.3 is 5.69 Å². The predicted molar refractivity (Wildman–Crippen MR) is 89.9 cm³/mol. The van der Waals surface area contributed by atoms with Crippen LogP contribution >= 0.6 is 0 Å². The number of nitrogens with zero attached hydrogens (tertiary/aromatic N) is 2. The van der Waals surface area contributed by atoms with Gasteiger partial charge in [-0.2, -0.15) is 5.26 Å². The highest BCUT2D eigenvalue weighted by Gasteiger charge is 2.20. The number of nitrogens with one attached hydrogen (secondary N) is 1. The number of nitro groups is 1. The maximum absolute atomic E-state index is 12.9. The van der Waals surface area contributed by atoms with E-state index in [1.807, 2.05) is 0 Å². The number of carbonyl (C=O) groups excluding carboxylic acids is 1. The van der Waals surface area contributed by atoms with Gasteiger partial charge in [0.25, 0.3) is 5.91 Å². The molecule has 9 heteroatoms. The van der Waals surface area contributed by atoms with Crippen molar-refractivity contribution in [2.45, 2.75) is 0 Å². The number of amides is 1. The highest BCUT2D eigenvalue weighted by atomic mass is 19.1. The van der Waals surface area contributed by atoms with Crippen molar-refractivity contribution in [1.82, 2.24) is 0 Å². The summed E-state index contributed by atoms with van der Waals surface area (Å²) in [6.07, 6.45) is 1.10. The quantitative estimate of drug-likeness (QED) is 0.367. The van der Waals surface area contributed by atoms with Gasteiger partial charge in [-0.05, 0) is 42.0 Å². The first-order valence-corrected chi connectivity index (χ1v) is 7.09. The highest BCUT2D eigenvalue weighted by Crippen LogP contribution is 2.37. The van der Waals surface area contributed by atoms with E-state index in [4.69, 9.17) is 4.74 Å². The Morgan fingerprint density at radius 2 is 2.04 bits per heavy atom. The second-order valence-electron chi connectivity index (χ2n) is 4.98. The summed E-state index contributed by atoms with van der Waals surface area (Å²) in [5.41, 5.74) is -0.604. The maximum atomic E-state index is 12.9. The molecule has 0 fully saturated rings. The number of phenolic OH excluding ortho intramolecular Hbond substituents is 1. The molecule has 2 aromatic carbocycles. The molecule has 0 bridgehead atoms. The number of methoxy groups -OCH3 is 1. The lowest BCUT2D eigenvalue weighted by atomic mass is 10.1. The number of hydrogen-bond donors (Lipinski definition) is 2. The molecule has 0 saturated heterocycles.